The first-order chi connectivity index (χ1) is 9.34. The molecule has 92 valence electrons. The van der Waals surface area contributed by atoms with Crippen molar-refractivity contribution < 1.29 is 0 Å². The van der Waals surface area contributed by atoms with Gasteiger partial charge >= 0.3 is 0 Å². The molecule has 0 unspecified atom stereocenters. The number of pyridine rings is 1. The van der Waals surface area contributed by atoms with Gasteiger partial charge in [-0.15, -0.1) is 0 Å². The Morgan fingerprint density at radius 2 is 1.53 bits per heavy atom. The summed E-state index contributed by atoms with van der Waals surface area (Å²) in [6, 6.07) is 21.1. The lowest BCUT2D eigenvalue weighted by Gasteiger charge is -2.08. The summed E-state index contributed by atoms with van der Waals surface area (Å²) in [7, 11) is 0. The Morgan fingerprint density at radius 1 is 0.737 bits per heavy atom. The van der Waals surface area contributed by atoms with Crippen molar-refractivity contribution in [2.24, 2.45) is 0 Å². The molecule has 1 heteroatoms. The van der Waals surface area contributed by atoms with E-state index in [1.165, 1.54) is 22.3 Å². The molecular weight excluding hydrogens is 230 g/mol. The normalized spacial score (nSPS) is 10.4. The van der Waals surface area contributed by atoms with Gasteiger partial charge in [-0.1, -0.05) is 48.5 Å². The molecule has 0 amide bonds. The summed E-state index contributed by atoms with van der Waals surface area (Å²) in [6.45, 7) is 2.14. The molecule has 0 spiro atoms. The molecule has 0 aliphatic heterocycles. The predicted molar refractivity (Wildman–Crippen MR) is 79.8 cm³/mol. The van der Waals surface area contributed by atoms with E-state index in [4.69, 9.17) is 0 Å². The fourth-order valence-corrected chi connectivity index (χ4v) is 2.30. The van der Waals surface area contributed by atoms with Crippen LogP contribution in [0.3, 0.4) is 0 Å². The maximum absolute atomic E-state index is 4.18. The van der Waals surface area contributed by atoms with Crippen LogP contribution in [0, 0.1) is 6.92 Å². The van der Waals surface area contributed by atoms with Crippen molar-refractivity contribution in [2.45, 2.75) is 6.92 Å². The Kier molecular flexibility index (Phi) is 3.11. The molecular formula is C18H15N. The molecule has 3 aromatic rings. The van der Waals surface area contributed by atoms with Gasteiger partial charge in [0.1, 0.15) is 0 Å². The Balaban J connectivity index is 2.09. The van der Waals surface area contributed by atoms with Crippen LogP contribution in [-0.2, 0) is 0 Å². The van der Waals surface area contributed by atoms with Crippen LogP contribution in [0.1, 0.15) is 5.56 Å². The van der Waals surface area contributed by atoms with E-state index in [0.29, 0.717) is 0 Å². The number of hydrogen-bond donors (Lipinski definition) is 0. The monoisotopic (exact) mass is 245 g/mol. The van der Waals surface area contributed by atoms with E-state index >= 15 is 0 Å². The zero-order chi connectivity index (χ0) is 13.1. The average molecular weight is 245 g/mol. The fraction of sp³-hybridized carbons (Fsp3) is 0.0556. The molecule has 0 saturated carbocycles. The molecule has 0 atom stereocenters. The first-order valence-electron chi connectivity index (χ1n) is 6.41. The quantitative estimate of drug-likeness (QED) is 0.636. The second-order valence-electron chi connectivity index (χ2n) is 4.64. The van der Waals surface area contributed by atoms with E-state index in [-0.39, 0.29) is 0 Å². The van der Waals surface area contributed by atoms with Gasteiger partial charge in [0.15, 0.2) is 0 Å². The Bertz CT molecular complexity index is 687. The van der Waals surface area contributed by atoms with E-state index in [0.717, 1.165) is 5.56 Å². The standard InChI is InChI=1S/C18H15N/c1-14-6-2-3-10-18(14)16-8-4-7-15(12-16)17-9-5-11-19-13-17/h2-13H,1H3. The number of hydrogen-bond acceptors (Lipinski definition) is 1. The summed E-state index contributed by atoms with van der Waals surface area (Å²) in [5.74, 6) is 0. The minimum atomic E-state index is 1.15. The second-order valence-corrected chi connectivity index (χ2v) is 4.64. The molecule has 3 rings (SSSR count). The molecule has 19 heavy (non-hydrogen) atoms. The van der Waals surface area contributed by atoms with Crippen molar-refractivity contribution in [1.82, 2.24) is 4.98 Å². The van der Waals surface area contributed by atoms with Crippen molar-refractivity contribution in [3.8, 4) is 22.3 Å². The third kappa shape index (κ3) is 2.41. The highest BCUT2D eigenvalue weighted by Gasteiger charge is 2.03. The predicted octanol–water partition coefficient (Wildman–Crippen LogP) is 4.72. The van der Waals surface area contributed by atoms with Crippen molar-refractivity contribution in [3.63, 3.8) is 0 Å². The Labute approximate surface area is 113 Å². The molecule has 0 bridgehead atoms. The smallest absolute Gasteiger partial charge is 0.0346 e. The van der Waals surface area contributed by atoms with Gasteiger partial charge in [-0.05, 0) is 41.3 Å². The van der Waals surface area contributed by atoms with Crippen LogP contribution >= 0.6 is 0 Å². The van der Waals surface area contributed by atoms with Crippen molar-refractivity contribution in [1.29, 1.82) is 0 Å². The third-order valence-corrected chi connectivity index (χ3v) is 3.31. The second kappa shape index (κ2) is 5.07. The van der Waals surface area contributed by atoms with E-state index < -0.39 is 0 Å². The zero-order valence-corrected chi connectivity index (χ0v) is 10.9. The molecule has 2 aromatic carbocycles. The van der Waals surface area contributed by atoms with Gasteiger partial charge in [0.25, 0.3) is 0 Å². The molecule has 0 aliphatic carbocycles. The molecule has 0 fully saturated rings. The molecule has 0 radical (unpaired) electrons. The van der Waals surface area contributed by atoms with E-state index in [1.807, 2.05) is 12.3 Å². The number of aromatic nitrogens is 1. The lowest BCUT2D eigenvalue weighted by atomic mass is 9.97. The van der Waals surface area contributed by atoms with Crippen LogP contribution in [0.25, 0.3) is 22.3 Å². The van der Waals surface area contributed by atoms with Crippen LogP contribution in [-0.4, -0.2) is 4.98 Å². The summed E-state index contributed by atoms with van der Waals surface area (Å²) in [5.41, 5.74) is 6.19. The summed E-state index contributed by atoms with van der Waals surface area (Å²) >= 11 is 0. The van der Waals surface area contributed by atoms with Crippen LogP contribution in [0.15, 0.2) is 73.1 Å². The largest absolute Gasteiger partial charge is 0.264 e. The fourth-order valence-electron chi connectivity index (χ4n) is 2.30. The average Bonchev–Trinajstić information content (AvgIpc) is 2.49. The first kappa shape index (κ1) is 11.7. The lowest BCUT2D eigenvalue weighted by molar-refractivity contribution is 1.33. The SMILES string of the molecule is Cc1ccccc1-c1cccc(-c2cccnc2)c1. The highest BCUT2D eigenvalue weighted by atomic mass is 14.6. The van der Waals surface area contributed by atoms with Gasteiger partial charge in [0.05, 0.1) is 0 Å². The Morgan fingerprint density at radius 3 is 2.32 bits per heavy atom. The molecule has 0 saturated heterocycles. The van der Waals surface area contributed by atoms with Gasteiger partial charge in [-0.2, -0.15) is 0 Å². The zero-order valence-electron chi connectivity index (χ0n) is 10.9. The minimum absolute atomic E-state index is 1.15. The van der Waals surface area contributed by atoms with Crippen molar-refractivity contribution in [2.75, 3.05) is 0 Å². The third-order valence-electron chi connectivity index (χ3n) is 3.31. The first-order valence-corrected chi connectivity index (χ1v) is 6.41. The van der Waals surface area contributed by atoms with E-state index in [1.54, 1.807) is 6.20 Å². The molecule has 1 nitrogen and oxygen atoms in total. The maximum atomic E-state index is 4.18. The number of nitrogens with zero attached hydrogens (tertiary/aromatic N) is 1. The molecule has 1 aromatic heterocycles. The van der Waals surface area contributed by atoms with Crippen LogP contribution in [0.4, 0.5) is 0 Å². The Hall–Kier alpha value is -2.41. The summed E-state index contributed by atoms with van der Waals surface area (Å²) in [5, 5.41) is 0. The number of aryl methyl sites for hydroxylation is 1. The van der Waals surface area contributed by atoms with Gasteiger partial charge in [-0.25, -0.2) is 0 Å². The maximum Gasteiger partial charge on any atom is 0.0346 e. The summed E-state index contributed by atoms with van der Waals surface area (Å²) < 4.78 is 0. The lowest BCUT2D eigenvalue weighted by Crippen LogP contribution is -1.84. The highest BCUT2D eigenvalue weighted by molar-refractivity contribution is 5.74. The van der Waals surface area contributed by atoms with Gasteiger partial charge in [-0.3, -0.25) is 4.98 Å². The molecule has 0 N–H and O–H groups in total. The molecule has 1 heterocycles. The van der Waals surface area contributed by atoms with Gasteiger partial charge < -0.3 is 0 Å². The van der Waals surface area contributed by atoms with Crippen LogP contribution < -0.4 is 0 Å². The number of rotatable bonds is 2. The highest BCUT2D eigenvalue weighted by Crippen LogP contribution is 2.27. The van der Waals surface area contributed by atoms with Crippen LogP contribution in [0.2, 0.25) is 0 Å². The summed E-state index contributed by atoms with van der Waals surface area (Å²) in [4.78, 5) is 4.18. The van der Waals surface area contributed by atoms with Gasteiger partial charge in [0, 0.05) is 18.0 Å². The van der Waals surface area contributed by atoms with Crippen molar-refractivity contribution >= 4 is 0 Å². The summed E-state index contributed by atoms with van der Waals surface area (Å²) in [6.07, 6.45) is 3.70. The molecule has 0 aliphatic rings. The van der Waals surface area contributed by atoms with Crippen molar-refractivity contribution in [3.05, 3.63) is 78.6 Å². The number of benzene rings is 2. The van der Waals surface area contributed by atoms with E-state index in [9.17, 15) is 0 Å². The van der Waals surface area contributed by atoms with Gasteiger partial charge in [0.2, 0.25) is 0 Å². The minimum Gasteiger partial charge on any atom is -0.264 e. The van der Waals surface area contributed by atoms with Crippen LogP contribution in [0.5, 0.6) is 0 Å². The topological polar surface area (TPSA) is 12.9 Å². The van der Waals surface area contributed by atoms with E-state index in [2.05, 4.69) is 66.5 Å².